The smallest absolute Gasteiger partial charge is 0.223 e. The van der Waals surface area contributed by atoms with Gasteiger partial charge >= 0.3 is 0 Å². The van der Waals surface area contributed by atoms with Gasteiger partial charge in [-0.25, -0.2) is 0 Å². The first-order valence-corrected chi connectivity index (χ1v) is 6.81. The Morgan fingerprint density at radius 1 is 1.24 bits per heavy atom. The Morgan fingerprint density at radius 2 is 2.00 bits per heavy atom. The Morgan fingerprint density at radius 3 is 2.71 bits per heavy atom. The molecule has 0 spiro atoms. The fraction of sp³-hybridized carbons (Fsp3) is 0.250. The molecule has 0 bridgehead atoms. The van der Waals surface area contributed by atoms with E-state index in [0.29, 0.717) is 31.0 Å². The number of carbonyl (C=O) groups excluding carboxylic acids is 1. The van der Waals surface area contributed by atoms with Gasteiger partial charge in [0.1, 0.15) is 5.75 Å². The molecule has 1 heterocycles. The zero-order valence-electron chi connectivity index (χ0n) is 12.0. The van der Waals surface area contributed by atoms with Crippen molar-refractivity contribution in [3.8, 4) is 5.75 Å². The first-order valence-electron chi connectivity index (χ1n) is 6.81. The first-order chi connectivity index (χ1) is 10.1. The average Bonchev–Trinajstić information content (AvgIpc) is 2.47. The highest BCUT2D eigenvalue weighted by atomic mass is 16.5. The summed E-state index contributed by atoms with van der Waals surface area (Å²) in [5.41, 5.74) is 8.06. The summed E-state index contributed by atoms with van der Waals surface area (Å²) in [5, 5.41) is 2.82. The lowest BCUT2D eigenvalue weighted by molar-refractivity contribution is -0.121. The van der Waals surface area contributed by atoms with Crippen LogP contribution in [0.15, 0.2) is 42.5 Å². The second kappa shape index (κ2) is 7.28. The van der Waals surface area contributed by atoms with E-state index in [-0.39, 0.29) is 5.91 Å². The molecule has 1 aromatic heterocycles. The molecular weight excluding hydrogens is 266 g/mol. The lowest BCUT2D eigenvalue weighted by Crippen LogP contribution is -2.24. The monoisotopic (exact) mass is 285 g/mol. The normalized spacial score (nSPS) is 10.1. The maximum absolute atomic E-state index is 11.7. The number of nitrogens with one attached hydrogen (secondary N) is 1. The summed E-state index contributed by atoms with van der Waals surface area (Å²) in [5.74, 6) is 0.645. The molecule has 0 fully saturated rings. The van der Waals surface area contributed by atoms with Crippen LogP contribution in [0.4, 0.5) is 5.69 Å². The van der Waals surface area contributed by atoms with Gasteiger partial charge in [-0.2, -0.15) is 0 Å². The molecule has 0 aliphatic rings. The molecule has 0 aliphatic carbocycles. The molecule has 5 heteroatoms. The second-order valence-corrected chi connectivity index (χ2v) is 4.71. The van der Waals surface area contributed by atoms with Gasteiger partial charge in [0, 0.05) is 11.4 Å². The summed E-state index contributed by atoms with van der Waals surface area (Å²) in [6.07, 6.45) is 0.302. The number of anilines is 1. The topological polar surface area (TPSA) is 77.2 Å². The van der Waals surface area contributed by atoms with Crippen LogP contribution in [-0.2, 0) is 11.3 Å². The van der Waals surface area contributed by atoms with Crippen molar-refractivity contribution in [1.82, 2.24) is 10.3 Å². The average molecular weight is 285 g/mol. The second-order valence-electron chi connectivity index (χ2n) is 4.71. The number of amides is 1. The van der Waals surface area contributed by atoms with Crippen molar-refractivity contribution < 1.29 is 9.53 Å². The van der Waals surface area contributed by atoms with Gasteiger partial charge in [0.15, 0.2) is 0 Å². The van der Waals surface area contributed by atoms with Gasteiger partial charge in [-0.05, 0) is 43.3 Å². The maximum atomic E-state index is 11.7. The van der Waals surface area contributed by atoms with Crippen LogP contribution in [0.3, 0.4) is 0 Å². The summed E-state index contributed by atoms with van der Waals surface area (Å²) in [6.45, 7) is 2.69. The number of ether oxygens (including phenoxy) is 1. The molecule has 5 nitrogen and oxygen atoms in total. The van der Waals surface area contributed by atoms with Crippen molar-refractivity contribution in [3.63, 3.8) is 0 Å². The zero-order chi connectivity index (χ0) is 15.1. The predicted molar refractivity (Wildman–Crippen MR) is 81.8 cm³/mol. The van der Waals surface area contributed by atoms with E-state index in [1.54, 1.807) is 24.3 Å². The number of nitrogen functional groups attached to an aromatic ring is 1. The molecule has 0 aliphatic heterocycles. The molecule has 0 unspecified atom stereocenters. The van der Waals surface area contributed by atoms with E-state index >= 15 is 0 Å². The minimum Gasteiger partial charge on any atom is -0.493 e. The number of hydrogen-bond donors (Lipinski definition) is 2. The van der Waals surface area contributed by atoms with E-state index in [0.717, 1.165) is 11.4 Å². The van der Waals surface area contributed by atoms with Crippen molar-refractivity contribution in [3.05, 3.63) is 53.9 Å². The van der Waals surface area contributed by atoms with E-state index in [9.17, 15) is 4.79 Å². The minimum atomic E-state index is -0.0613. The highest BCUT2D eigenvalue weighted by Crippen LogP contribution is 2.13. The Balaban J connectivity index is 1.69. The predicted octanol–water partition coefficient (Wildman–Crippen LogP) is 2.06. The summed E-state index contributed by atoms with van der Waals surface area (Å²) >= 11 is 0. The molecule has 2 rings (SSSR count). The van der Waals surface area contributed by atoms with Crippen LogP contribution in [0.5, 0.6) is 5.75 Å². The van der Waals surface area contributed by atoms with Gasteiger partial charge < -0.3 is 15.8 Å². The van der Waals surface area contributed by atoms with Crippen molar-refractivity contribution in [2.75, 3.05) is 12.3 Å². The lowest BCUT2D eigenvalue weighted by Gasteiger charge is -2.07. The van der Waals surface area contributed by atoms with Crippen LogP contribution in [0.25, 0.3) is 0 Å². The van der Waals surface area contributed by atoms with Gasteiger partial charge in [-0.3, -0.25) is 9.78 Å². The molecule has 1 amide bonds. The minimum absolute atomic E-state index is 0.0613. The Kier molecular flexibility index (Phi) is 5.15. The maximum Gasteiger partial charge on any atom is 0.223 e. The third-order valence-corrected chi connectivity index (χ3v) is 2.89. The van der Waals surface area contributed by atoms with Gasteiger partial charge in [-0.1, -0.05) is 6.07 Å². The number of rotatable bonds is 6. The van der Waals surface area contributed by atoms with Gasteiger partial charge in [0.25, 0.3) is 0 Å². The Bertz CT molecular complexity index is 597. The third kappa shape index (κ3) is 5.14. The molecular formula is C16H19N3O2. The van der Waals surface area contributed by atoms with E-state index in [1.807, 2.05) is 25.1 Å². The molecule has 0 radical (unpaired) electrons. The first kappa shape index (κ1) is 14.8. The molecule has 1 aromatic carbocycles. The lowest BCUT2D eigenvalue weighted by atomic mass is 10.3. The summed E-state index contributed by atoms with van der Waals surface area (Å²) in [6, 6.07) is 12.8. The SMILES string of the molecule is Cc1cccc(CNC(=O)CCOc2ccc(N)cc2)n1. The van der Waals surface area contributed by atoms with Crippen molar-refractivity contribution in [1.29, 1.82) is 0 Å². The summed E-state index contributed by atoms with van der Waals surface area (Å²) in [4.78, 5) is 16.0. The van der Waals surface area contributed by atoms with Crippen LogP contribution in [-0.4, -0.2) is 17.5 Å². The van der Waals surface area contributed by atoms with Crippen LogP contribution in [0.2, 0.25) is 0 Å². The van der Waals surface area contributed by atoms with Crippen LogP contribution < -0.4 is 15.8 Å². The number of carbonyl (C=O) groups is 1. The number of pyridine rings is 1. The molecule has 110 valence electrons. The number of benzene rings is 1. The largest absolute Gasteiger partial charge is 0.493 e. The standard InChI is InChI=1S/C16H19N3O2/c1-12-3-2-4-14(19-12)11-18-16(20)9-10-21-15-7-5-13(17)6-8-15/h2-8H,9-11,17H2,1H3,(H,18,20). The third-order valence-electron chi connectivity index (χ3n) is 2.89. The molecule has 0 saturated carbocycles. The van der Waals surface area contributed by atoms with Crippen LogP contribution in [0, 0.1) is 6.92 Å². The van der Waals surface area contributed by atoms with Crippen molar-refractivity contribution >= 4 is 11.6 Å². The van der Waals surface area contributed by atoms with Gasteiger partial charge in [0.2, 0.25) is 5.91 Å². The summed E-state index contributed by atoms with van der Waals surface area (Å²) < 4.78 is 5.47. The van der Waals surface area contributed by atoms with Crippen molar-refractivity contribution in [2.45, 2.75) is 19.9 Å². The molecule has 0 atom stereocenters. The number of aryl methyl sites for hydroxylation is 1. The molecule has 21 heavy (non-hydrogen) atoms. The number of nitrogens with zero attached hydrogens (tertiary/aromatic N) is 1. The highest BCUT2D eigenvalue weighted by molar-refractivity contribution is 5.75. The van der Waals surface area contributed by atoms with Crippen molar-refractivity contribution in [2.24, 2.45) is 0 Å². The van der Waals surface area contributed by atoms with Gasteiger partial charge in [0.05, 0.1) is 25.3 Å². The molecule has 3 N–H and O–H groups in total. The molecule has 2 aromatic rings. The number of hydrogen-bond acceptors (Lipinski definition) is 4. The Hall–Kier alpha value is -2.56. The van der Waals surface area contributed by atoms with E-state index in [2.05, 4.69) is 10.3 Å². The van der Waals surface area contributed by atoms with E-state index in [4.69, 9.17) is 10.5 Å². The number of aromatic nitrogens is 1. The van der Waals surface area contributed by atoms with Crippen LogP contribution >= 0.6 is 0 Å². The quantitative estimate of drug-likeness (QED) is 0.796. The number of nitrogens with two attached hydrogens (primary N) is 1. The summed E-state index contributed by atoms with van der Waals surface area (Å²) in [7, 11) is 0. The van der Waals surface area contributed by atoms with Gasteiger partial charge in [-0.15, -0.1) is 0 Å². The fourth-order valence-corrected chi connectivity index (χ4v) is 1.80. The highest BCUT2D eigenvalue weighted by Gasteiger charge is 2.03. The zero-order valence-corrected chi connectivity index (χ0v) is 12.0. The van der Waals surface area contributed by atoms with E-state index < -0.39 is 0 Å². The van der Waals surface area contributed by atoms with E-state index in [1.165, 1.54) is 0 Å². The van der Waals surface area contributed by atoms with Crippen LogP contribution in [0.1, 0.15) is 17.8 Å². The Labute approximate surface area is 124 Å². The fourth-order valence-electron chi connectivity index (χ4n) is 1.80. The molecule has 0 saturated heterocycles.